The number of rotatable bonds is 4. The molecule has 3 nitrogen and oxygen atoms in total. The highest BCUT2D eigenvalue weighted by Gasteiger charge is 2.12. The van der Waals surface area contributed by atoms with Gasteiger partial charge in [-0.05, 0) is 44.2 Å². The highest BCUT2D eigenvalue weighted by molar-refractivity contribution is 9.10. The Kier molecular flexibility index (Phi) is 3.97. The van der Waals surface area contributed by atoms with Gasteiger partial charge in [0.2, 0.25) is 0 Å². The summed E-state index contributed by atoms with van der Waals surface area (Å²) in [4.78, 5) is 0. The molecule has 1 heterocycles. The Labute approximate surface area is 115 Å². The molecule has 1 atom stereocenters. The Morgan fingerprint density at radius 2 is 2.06 bits per heavy atom. The summed E-state index contributed by atoms with van der Waals surface area (Å²) in [5, 5.41) is 3.38. The van der Waals surface area contributed by atoms with Crippen LogP contribution in [-0.2, 0) is 0 Å². The molecule has 0 saturated carbocycles. The maximum Gasteiger partial charge on any atom is 0.142 e. The first-order valence-electron chi connectivity index (χ1n) is 5.76. The number of furan rings is 1. The zero-order valence-electron chi connectivity index (χ0n) is 10.7. The summed E-state index contributed by atoms with van der Waals surface area (Å²) < 4.78 is 11.9. The molecule has 0 saturated heterocycles. The van der Waals surface area contributed by atoms with E-state index in [1.165, 1.54) is 0 Å². The first-order valence-corrected chi connectivity index (χ1v) is 6.56. The molecule has 0 radical (unpaired) electrons. The number of aryl methyl sites for hydroxylation is 1. The van der Waals surface area contributed by atoms with Crippen LogP contribution in [0.25, 0.3) is 0 Å². The van der Waals surface area contributed by atoms with Gasteiger partial charge in [0.25, 0.3) is 0 Å². The van der Waals surface area contributed by atoms with Gasteiger partial charge in [-0.2, -0.15) is 0 Å². The van der Waals surface area contributed by atoms with E-state index in [-0.39, 0.29) is 6.04 Å². The summed E-state index contributed by atoms with van der Waals surface area (Å²) in [6.07, 6.45) is 0. The van der Waals surface area contributed by atoms with Crippen molar-refractivity contribution in [1.82, 2.24) is 0 Å². The van der Waals surface area contributed by atoms with E-state index in [0.717, 1.165) is 27.4 Å². The molecule has 0 amide bonds. The molecule has 2 aromatic rings. The van der Waals surface area contributed by atoms with E-state index in [1.807, 2.05) is 37.3 Å². The quantitative estimate of drug-likeness (QED) is 0.901. The molecule has 1 aromatic carbocycles. The second kappa shape index (κ2) is 5.48. The van der Waals surface area contributed by atoms with Crippen LogP contribution in [0.3, 0.4) is 0 Å². The molecular formula is C14H16BrNO2. The van der Waals surface area contributed by atoms with Crippen molar-refractivity contribution in [3.05, 3.63) is 46.3 Å². The lowest BCUT2D eigenvalue weighted by atomic mass is 10.2. The van der Waals surface area contributed by atoms with E-state index in [9.17, 15) is 0 Å². The van der Waals surface area contributed by atoms with Crippen molar-refractivity contribution in [3.63, 3.8) is 0 Å². The van der Waals surface area contributed by atoms with E-state index in [2.05, 4.69) is 28.2 Å². The van der Waals surface area contributed by atoms with Gasteiger partial charge in [-0.3, -0.25) is 0 Å². The van der Waals surface area contributed by atoms with Crippen LogP contribution in [-0.4, -0.2) is 7.11 Å². The van der Waals surface area contributed by atoms with Crippen molar-refractivity contribution in [3.8, 4) is 5.75 Å². The largest absolute Gasteiger partial charge is 0.495 e. The highest BCUT2D eigenvalue weighted by Crippen LogP contribution is 2.31. The zero-order valence-corrected chi connectivity index (χ0v) is 12.2. The van der Waals surface area contributed by atoms with Crippen LogP contribution in [0.5, 0.6) is 5.75 Å². The predicted octanol–water partition coefficient (Wildman–Crippen LogP) is 4.53. The Hall–Kier alpha value is -1.42. The van der Waals surface area contributed by atoms with Gasteiger partial charge in [0.05, 0.1) is 18.8 Å². The topological polar surface area (TPSA) is 34.4 Å². The van der Waals surface area contributed by atoms with E-state index < -0.39 is 0 Å². The second-order valence-electron chi connectivity index (χ2n) is 4.16. The maximum absolute atomic E-state index is 5.61. The predicted molar refractivity (Wildman–Crippen MR) is 76.2 cm³/mol. The molecule has 0 aliphatic heterocycles. The summed E-state index contributed by atoms with van der Waals surface area (Å²) in [6.45, 7) is 3.99. The molecular weight excluding hydrogens is 294 g/mol. The minimum Gasteiger partial charge on any atom is -0.495 e. The fraction of sp³-hybridized carbons (Fsp3) is 0.286. The summed E-state index contributed by atoms with van der Waals surface area (Å²) in [5.41, 5.74) is 0.938. The normalized spacial score (nSPS) is 12.2. The number of hydrogen-bond acceptors (Lipinski definition) is 3. The van der Waals surface area contributed by atoms with Crippen LogP contribution in [0.2, 0.25) is 0 Å². The standard InChI is InChI=1S/C14H16BrNO2/c1-9-4-6-13(18-9)10(2)16-12-8-11(15)5-7-14(12)17-3/h4-8,10,16H,1-3H3. The van der Waals surface area contributed by atoms with Crippen LogP contribution in [0.1, 0.15) is 24.5 Å². The van der Waals surface area contributed by atoms with E-state index in [0.29, 0.717) is 0 Å². The molecule has 2 rings (SSSR count). The first kappa shape index (κ1) is 13.0. The lowest BCUT2D eigenvalue weighted by Crippen LogP contribution is -2.06. The molecule has 18 heavy (non-hydrogen) atoms. The Bertz CT molecular complexity index is 536. The number of benzene rings is 1. The molecule has 0 spiro atoms. The second-order valence-corrected chi connectivity index (χ2v) is 5.07. The summed E-state index contributed by atoms with van der Waals surface area (Å²) >= 11 is 3.46. The van der Waals surface area contributed by atoms with Crippen molar-refractivity contribution in [1.29, 1.82) is 0 Å². The number of ether oxygens (including phenoxy) is 1. The molecule has 0 aliphatic rings. The zero-order chi connectivity index (χ0) is 13.1. The fourth-order valence-corrected chi connectivity index (χ4v) is 2.14. The molecule has 1 unspecified atom stereocenters. The number of anilines is 1. The van der Waals surface area contributed by atoms with Gasteiger partial charge in [0, 0.05) is 4.47 Å². The van der Waals surface area contributed by atoms with Crippen LogP contribution in [0.15, 0.2) is 39.2 Å². The minimum atomic E-state index is 0.0851. The summed E-state index contributed by atoms with van der Waals surface area (Å²) in [7, 11) is 1.66. The van der Waals surface area contributed by atoms with Crippen LogP contribution in [0.4, 0.5) is 5.69 Å². The van der Waals surface area contributed by atoms with Gasteiger partial charge in [-0.1, -0.05) is 15.9 Å². The Morgan fingerprint density at radius 3 is 2.67 bits per heavy atom. The van der Waals surface area contributed by atoms with Gasteiger partial charge in [-0.15, -0.1) is 0 Å². The van der Waals surface area contributed by atoms with E-state index in [4.69, 9.17) is 9.15 Å². The van der Waals surface area contributed by atoms with Crippen molar-refractivity contribution in [2.45, 2.75) is 19.9 Å². The van der Waals surface area contributed by atoms with Crippen LogP contribution < -0.4 is 10.1 Å². The average Bonchev–Trinajstić information content (AvgIpc) is 2.76. The molecule has 4 heteroatoms. The van der Waals surface area contributed by atoms with Crippen molar-refractivity contribution in [2.75, 3.05) is 12.4 Å². The third kappa shape index (κ3) is 2.88. The number of methoxy groups -OCH3 is 1. The maximum atomic E-state index is 5.61. The highest BCUT2D eigenvalue weighted by atomic mass is 79.9. The summed E-state index contributed by atoms with van der Waals surface area (Å²) in [5.74, 6) is 2.64. The minimum absolute atomic E-state index is 0.0851. The van der Waals surface area contributed by atoms with Crippen LogP contribution in [0, 0.1) is 6.92 Å². The third-order valence-corrected chi connectivity index (χ3v) is 3.21. The summed E-state index contributed by atoms with van der Waals surface area (Å²) in [6, 6.07) is 9.90. The van der Waals surface area contributed by atoms with Gasteiger partial charge in [0.1, 0.15) is 17.3 Å². The average molecular weight is 310 g/mol. The van der Waals surface area contributed by atoms with Gasteiger partial charge >= 0.3 is 0 Å². The van der Waals surface area contributed by atoms with E-state index in [1.54, 1.807) is 7.11 Å². The smallest absolute Gasteiger partial charge is 0.142 e. The first-order chi connectivity index (χ1) is 8.60. The molecule has 0 fully saturated rings. The lowest BCUT2D eigenvalue weighted by Gasteiger charge is -2.16. The van der Waals surface area contributed by atoms with Gasteiger partial charge in [-0.25, -0.2) is 0 Å². The number of nitrogens with one attached hydrogen (secondary N) is 1. The molecule has 0 aliphatic carbocycles. The molecule has 0 bridgehead atoms. The van der Waals surface area contributed by atoms with Crippen molar-refractivity contribution >= 4 is 21.6 Å². The monoisotopic (exact) mass is 309 g/mol. The van der Waals surface area contributed by atoms with Crippen LogP contribution >= 0.6 is 15.9 Å². The van der Waals surface area contributed by atoms with E-state index >= 15 is 0 Å². The fourth-order valence-electron chi connectivity index (χ4n) is 1.78. The molecule has 1 N–H and O–H groups in total. The SMILES string of the molecule is COc1ccc(Br)cc1NC(C)c1ccc(C)o1. The Morgan fingerprint density at radius 1 is 1.28 bits per heavy atom. The molecule has 1 aromatic heterocycles. The van der Waals surface area contributed by atoms with Gasteiger partial charge < -0.3 is 14.5 Å². The number of hydrogen-bond donors (Lipinski definition) is 1. The Balaban J connectivity index is 2.20. The van der Waals surface area contributed by atoms with Gasteiger partial charge in [0.15, 0.2) is 0 Å². The van der Waals surface area contributed by atoms with Crippen molar-refractivity contribution in [2.24, 2.45) is 0 Å². The molecule has 96 valence electrons. The van der Waals surface area contributed by atoms with Crippen molar-refractivity contribution < 1.29 is 9.15 Å². The lowest BCUT2D eigenvalue weighted by molar-refractivity contribution is 0.415. The number of halogens is 1. The third-order valence-electron chi connectivity index (χ3n) is 2.72.